The molecule has 1 amide bonds. The molecule has 0 spiro atoms. The van der Waals surface area contributed by atoms with Crippen LogP contribution in [0.4, 0.5) is 16.2 Å². The molecule has 0 fully saturated rings. The molecule has 0 aromatic heterocycles. The summed E-state index contributed by atoms with van der Waals surface area (Å²) in [5, 5.41) is 3.16. The quantitative estimate of drug-likeness (QED) is 0.750. The van der Waals surface area contributed by atoms with Crippen LogP contribution in [0.2, 0.25) is 0 Å². The average Bonchev–Trinajstić information content (AvgIpc) is 2.74. The summed E-state index contributed by atoms with van der Waals surface area (Å²) >= 11 is 0. The first-order valence-electron chi connectivity index (χ1n) is 5.25. The monoisotopic (exact) mass is 271 g/mol. The summed E-state index contributed by atoms with van der Waals surface area (Å²) in [6.07, 6.45) is -0.194. The normalized spacial score (nSPS) is 13.4. The number of ether oxygens (including phenoxy) is 1. The third-order valence-electron chi connectivity index (χ3n) is 2.47. The number of carbonyl (C=O) groups is 1. The molecule has 18 heavy (non-hydrogen) atoms. The van der Waals surface area contributed by atoms with Crippen LogP contribution in [-0.4, -0.2) is 28.2 Å². The zero-order valence-electron chi connectivity index (χ0n) is 9.69. The van der Waals surface area contributed by atoms with Gasteiger partial charge in [0.25, 0.3) is 0 Å². The van der Waals surface area contributed by atoms with E-state index in [2.05, 4.69) is 14.8 Å². The van der Waals surface area contributed by atoms with Crippen LogP contribution in [0, 0.1) is 0 Å². The van der Waals surface area contributed by atoms with E-state index in [4.69, 9.17) is 0 Å². The van der Waals surface area contributed by atoms with E-state index in [0.717, 1.165) is 31.3 Å². The highest BCUT2D eigenvalue weighted by molar-refractivity contribution is 7.91. The summed E-state index contributed by atoms with van der Waals surface area (Å²) in [5.41, 5.74) is 2.43. The Morgan fingerprint density at radius 2 is 2.22 bits per heavy atom. The van der Waals surface area contributed by atoms with Crippen molar-refractivity contribution in [1.82, 2.24) is 4.72 Å². The van der Waals surface area contributed by atoms with Gasteiger partial charge in [0.2, 0.25) is 0 Å². The van der Waals surface area contributed by atoms with Gasteiger partial charge >= 0.3 is 16.3 Å². The van der Waals surface area contributed by atoms with Gasteiger partial charge in [0.15, 0.2) is 0 Å². The van der Waals surface area contributed by atoms with E-state index in [1.165, 1.54) is 0 Å². The molecular formula is C10H13N3O4S. The average molecular weight is 271 g/mol. The van der Waals surface area contributed by atoms with Gasteiger partial charge in [-0.15, -0.1) is 0 Å². The first-order chi connectivity index (χ1) is 8.50. The van der Waals surface area contributed by atoms with Gasteiger partial charge in [-0.2, -0.15) is 8.42 Å². The predicted molar refractivity (Wildman–Crippen MR) is 66.7 cm³/mol. The lowest BCUT2D eigenvalue weighted by molar-refractivity contribution is 0.177. The van der Waals surface area contributed by atoms with Crippen LogP contribution >= 0.6 is 0 Å². The molecule has 1 heterocycles. The maximum atomic E-state index is 11.5. The van der Waals surface area contributed by atoms with E-state index >= 15 is 0 Å². The van der Waals surface area contributed by atoms with E-state index in [-0.39, 0.29) is 0 Å². The number of methoxy groups -OCH3 is 1. The first kappa shape index (κ1) is 12.5. The zero-order valence-corrected chi connectivity index (χ0v) is 10.5. The molecular weight excluding hydrogens is 258 g/mol. The largest absolute Gasteiger partial charge is 0.452 e. The number of amides is 1. The number of carbonyl (C=O) groups excluding carboxylic acids is 1. The Morgan fingerprint density at radius 1 is 1.44 bits per heavy atom. The fourth-order valence-electron chi connectivity index (χ4n) is 1.70. The summed E-state index contributed by atoms with van der Waals surface area (Å²) in [6.45, 7) is 0.839. The fourth-order valence-corrected chi connectivity index (χ4v) is 2.49. The minimum absolute atomic E-state index is 0.397. The van der Waals surface area contributed by atoms with E-state index in [9.17, 15) is 13.2 Å². The molecule has 1 aromatic carbocycles. The van der Waals surface area contributed by atoms with E-state index in [0.29, 0.717) is 5.69 Å². The second kappa shape index (κ2) is 4.73. The van der Waals surface area contributed by atoms with Crippen LogP contribution in [-0.2, 0) is 21.4 Å². The van der Waals surface area contributed by atoms with Gasteiger partial charge in [-0.1, -0.05) is 0 Å². The van der Waals surface area contributed by atoms with Crippen molar-refractivity contribution < 1.29 is 17.9 Å². The Kier molecular flexibility index (Phi) is 3.28. The number of benzene rings is 1. The Labute approximate surface area is 105 Å². The molecule has 8 heteroatoms. The maximum absolute atomic E-state index is 11.5. The minimum Gasteiger partial charge on any atom is -0.452 e. The van der Waals surface area contributed by atoms with Crippen molar-refractivity contribution in [3.63, 3.8) is 0 Å². The summed E-state index contributed by atoms with van der Waals surface area (Å²) in [4.78, 5) is 10.8. The van der Waals surface area contributed by atoms with Gasteiger partial charge in [0.05, 0.1) is 12.8 Å². The summed E-state index contributed by atoms with van der Waals surface area (Å²) in [7, 11) is -2.87. The number of fused-ring (bicyclic) bond motifs is 1. The topological polar surface area (TPSA) is 96.5 Å². The summed E-state index contributed by atoms with van der Waals surface area (Å²) < 4.78 is 31.2. The standard InChI is InChI=1S/C10H13N3O4S/c1-17-10(14)13-18(15,16)12-8-2-3-9-7(6-8)4-5-11-9/h2-3,6,11-12H,4-5H2,1H3,(H,13,14). The number of hydrogen-bond donors (Lipinski definition) is 3. The number of nitrogens with one attached hydrogen (secondary N) is 3. The van der Waals surface area contributed by atoms with Crippen molar-refractivity contribution in [1.29, 1.82) is 0 Å². The lowest BCUT2D eigenvalue weighted by atomic mass is 10.1. The van der Waals surface area contributed by atoms with Crippen LogP contribution in [0.25, 0.3) is 0 Å². The molecule has 0 saturated heterocycles. The van der Waals surface area contributed by atoms with Crippen LogP contribution in [0.3, 0.4) is 0 Å². The molecule has 0 aliphatic carbocycles. The SMILES string of the molecule is COC(=O)NS(=O)(=O)Nc1ccc2c(c1)CCN2. The summed E-state index contributed by atoms with van der Waals surface area (Å²) in [5.74, 6) is 0. The van der Waals surface area contributed by atoms with Crippen molar-refractivity contribution in [3.05, 3.63) is 23.8 Å². The molecule has 1 aliphatic rings. The molecule has 0 unspecified atom stereocenters. The smallest absolute Gasteiger partial charge is 0.422 e. The van der Waals surface area contributed by atoms with E-state index in [1.54, 1.807) is 22.9 Å². The van der Waals surface area contributed by atoms with Crippen LogP contribution in [0.1, 0.15) is 5.56 Å². The van der Waals surface area contributed by atoms with Crippen molar-refractivity contribution in [2.24, 2.45) is 0 Å². The molecule has 7 nitrogen and oxygen atoms in total. The second-order valence-corrected chi connectivity index (χ2v) is 5.16. The molecule has 1 aliphatic heterocycles. The summed E-state index contributed by atoms with van der Waals surface area (Å²) in [6, 6.07) is 5.14. The van der Waals surface area contributed by atoms with Gasteiger partial charge in [0.1, 0.15) is 0 Å². The molecule has 0 atom stereocenters. The van der Waals surface area contributed by atoms with Crippen molar-refractivity contribution in [2.75, 3.05) is 23.7 Å². The van der Waals surface area contributed by atoms with Crippen LogP contribution in [0.15, 0.2) is 18.2 Å². The number of rotatable bonds is 3. The number of anilines is 2. The van der Waals surface area contributed by atoms with E-state index in [1.807, 2.05) is 0 Å². The minimum atomic E-state index is -3.96. The third kappa shape index (κ3) is 2.83. The van der Waals surface area contributed by atoms with Crippen molar-refractivity contribution >= 4 is 27.7 Å². The highest BCUT2D eigenvalue weighted by atomic mass is 32.2. The van der Waals surface area contributed by atoms with Gasteiger partial charge < -0.3 is 10.1 Å². The third-order valence-corrected chi connectivity index (χ3v) is 3.41. The van der Waals surface area contributed by atoms with E-state index < -0.39 is 16.3 Å². The maximum Gasteiger partial charge on any atom is 0.422 e. The predicted octanol–water partition coefficient (Wildman–Crippen LogP) is 0.667. The van der Waals surface area contributed by atoms with Gasteiger partial charge in [0, 0.05) is 12.2 Å². The highest BCUT2D eigenvalue weighted by Crippen LogP contribution is 2.25. The molecule has 2 rings (SSSR count). The fraction of sp³-hybridized carbons (Fsp3) is 0.300. The van der Waals surface area contributed by atoms with Gasteiger partial charge in [-0.05, 0) is 30.2 Å². The molecule has 3 N–H and O–H groups in total. The second-order valence-electron chi connectivity index (χ2n) is 3.75. The molecule has 98 valence electrons. The Balaban J connectivity index is 2.12. The molecule has 1 aromatic rings. The Morgan fingerprint density at radius 3 is 2.94 bits per heavy atom. The van der Waals surface area contributed by atoms with Crippen LogP contribution < -0.4 is 14.8 Å². The highest BCUT2D eigenvalue weighted by Gasteiger charge is 2.16. The molecule has 0 saturated carbocycles. The lowest BCUT2D eigenvalue weighted by Crippen LogP contribution is -2.35. The van der Waals surface area contributed by atoms with Crippen molar-refractivity contribution in [3.8, 4) is 0 Å². The lowest BCUT2D eigenvalue weighted by Gasteiger charge is -2.09. The van der Waals surface area contributed by atoms with Crippen LogP contribution in [0.5, 0.6) is 0 Å². The van der Waals surface area contributed by atoms with Gasteiger partial charge in [-0.25, -0.2) is 9.52 Å². The Hall–Kier alpha value is -1.96. The van der Waals surface area contributed by atoms with Crippen molar-refractivity contribution in [2.45, 2.75) is 6.42 Å². The molecule has 0 radical (unpaired) electrons. The zero-order chi connectivity index (χ0) is 13.2. The number of hydrogen-bond acceptors (Lipinski definition) is 5. The first-order valence-corrected chi connectivity index (χ1v) is 6.74. The Bertz CT molecular complexity index is 570. The van der Waals surface area contributed by atoms with Gasteiger partial charge in [-0.3, -0.25) is 4.72 Å². The molecule has 0 bridgehead atoms.